The molecule has 4 atom stereocenters. The van der Waals surface area contributed by atoms with Crippen molar-refractivity contribution in [2.45, 2.75) is 72.3 Å². The molecule has 30 heavy (non-hydrogen) atoms. The lowest BCUT2D eigenvalue weighted by Crippen LogP contribution is -2.54. The van der Waals surface area contributed by atoms with Crippen molar-refractivity contribution in [2.75, 3.05) is 5.32 Å². The van der Waals surface area contributed by atoms with Crippen LogP contribution in [-0.2, 0) is 4.79 Å². The number of aliphatic hydroxyl groups excluding tert-OH is 1. The predicted molar refractivity (Wildman–Crippen MR) is 122 cm³/mol. The summed E-state index contributed by atoms with van der Waals surface area (Å²) >= 11 is 0. The summed E-state index contributed by atoms with van der Waals surface area (Å²) in [5, 5.41) is 22.8. The first-order valence-corrected chi connectivity index (χ1v) is 11.2. The SMILES string of the molecule is C=C1CC[C@@H]2C(C)(C)[C@H](O)CC[C@@]2(C)[C@@H]1CCC(C)=CC(=O)Nc1ccc(O)cc1. The molecule has 1 aromatic rings. The van der Waals surface area contributed by atoms with Crippen LogP contribution in [0.25, 0.3) is 0 Å². The third kappa shape index (κ3) is 4.49. The fraction of sp³-hybridized carbons (Fsp3) is 0.577. The van der Waals surface area contributed by atoms with Gasteiger partial charge in [0.2, 0.25) is 5.91 Å². The monoisotopic (exact) mass is 411 g/mol. The summed E-state index contributed by atoms with van der Waals surface area (Å²) in [7, 11) is 0. The van der Waals surface area contributed by atoms with E-state index in [1.807, 2.05) is 6.92 Å². The first-order chi connectivity index (χ1) is 14.0. The molecule has 3 rings (SSSR count). The molecule has 1 aromatic carbocycles. The van der Waals surface area contributed by atoms with Gasteiger partial charge in [0.15, 0.2) is 0 Å². The topological polar surface area (TPSA) is 69.6 Å². The molecule has 0 unspecified atom stereocenters. The van der Waals surface area contributed by atoms with Crippen molar-refractivity contribution < 1.29 is 15.0 Å². The van der Waals surface area contributed by atoms with Crippen molar-refractivity contribution in [3.8, 4) is 5.75 Å². The summed E-state index contributed by atoms with van der Waals surface area (Å²) in [5.74, 6) is 0.946. The number of nitrogens with one attached hydrogen (secondary N) is 1. The Kier molecular flexibility index (Phi) is 6.47. The summed E-state index contributed by atoms with van der Waals surface area (Å²) in [4.78, 5) is 12.3. The van der Waals surface area contributed by atoms with Gasteiger partial charge in [0, 0.05) is 11.8 Å². The number of phenols is 1. The fourth-order valence-corrected chi connectivity index (χ4v) is 6.09. The minimum Gasteiger partial charge on any atom is -0.508 e. The van der Waals surface area contributed by atoms with E-state index in [9.17, 15) is 15.0 Å². The van der Waals surface area contributed by atoms with Gasteiger partial charge in [0.1, 0.15) is 5.75 Å². The van der Waals surface area contributed by atoms with Crippen LogP contribution in [-0.4, -0.2) is 22.2 Å². The molecule has 2 aliphatic rings. The summed E-state index contributed by atoms with van der Waals surface area (Å²) < 4.78 is 0. The second-order valence-corrected chi connectivity index (χ2v) is 10.2. The Labute approximate surface area is 181 Å². The molecule has 1 amide bonds. The lowest BCUT2D eigenvalue weighted by Gasteiger charge is -2.59. The number of allylic oxidation sites excluding steroid dienone is 2. The third-order valence-corrected chi connectivity index (χ3v) is 7.89. The Morgan fingerprint density at radius 2 is 1.90 bits per heavy atom. The van der Waals surface area contributed by atoms with Crippen LogP contribution in [0.2, 0.25) is 0 Å². The van der Waals surface area contributed by atoms with Crippen LogP contribution in [0.4, 0.5) is 5.69 Å². The molecule has 0 heterocycles. The molecule has 2 saturated carbocycles. The smallest absolute Gasteiger partial charge is 0.248 e. The molecule has 0 bridgehead atoms. The van der Waals surface area contributed by atoms with Gasteiger partial charge >= 0.3 is 0 Å². The number of amides is 1. The zero-order valence-electron chi connectivity index (χ0n) is 18.9. The molecule has 0 radical (unpaired) electrons. The maximum absolute atomic E-state index is 12.3. The molecule has 0 aliphatic heterocycles. The molecule has 164 valence electrons. The number of rotatable bonds is 5. The highest BCUT2D eigenvalue weighted by Crippen LogP contribution is 2.61. The first kappa shape index (κ1) is 22.6. The summed E-state index contributed by atoms with van der Waals surface area (Å²) in [5.41, 5.74) is 3.15. The van der Waals surface area contributed by atoms with Crippen LogP contribution in [0.3, 0.4) is 0 Å². The van der Waals surface area contributed by atoms with E-state index in [0.717, 1.165) is 44.1 Å². The van der Waals surface area contributed by atoms with Gasteiger partial charge in [-0.3, -0.25) is 4.79 Å². The molecule has 0 spiro atoms. The Morgan fingerprint density at radius 3 is 2.57 bits per heavy atom. The van der Waals surface area contributed by atoms with Crippen molar-refractivity contribution in [3.05, 3.63) is 48.1 Å². The number of fused-ring (bicyclic) bond motifs is 1. The van der Waals surface area contributed by atoms with Gasteiger partial charge in [-0.2, -0.15) is 0 Å². The van der Waals surface area contributed by atoms with Gasteiger partial charge in [-0.05, 0) is 92.4 Å². The molecule has 4 nitrogen and oxygen atoms in total. The summed E-state index contributed by atoms with van der Waals surface area (Å²) in [6.07, 6.45) is 7.33. The number of phenolic OH excluding ortho intramolecular Hbond substituents is 1. The van der Waals surface area contributed by atoms with Crippen LogP contribution in [0.5, 0.6) is 5.75 Å². The van der Waals surface area contributed by atoms with Crippen LogP contribution < -0.4 is 5.32 Å². The van der Waals surface area contributed by atoms with Gasteiger partial charge in [0.25, 0.3) is 0 Å². The highest BCUT2D eigenvalue weighted by Gasteiger charge is 2.55. The van der Waals surface area contributed by atoms with E-state index in [1.54, 1.807) is 30.3 Å². The molecule has 3 N–H and O–H groups in total. The zero-order valence-corrected chi connectivity index (χ0v) is 18.9. The van der Waals surface area contributed by atoms with E-state index >= 15 is 0 Å². The molecule has 0 saturated heterocycles. The molecule has 2 fully saturated rings. The van der Waals surface area contributed by atoms with Gasteiger partial charge in [0.05, 0.1) is 6.10 Å². The number of benzene rings is 1. The van der Waals surface area contributed by atoms with E-state index in [0.29, 0.717) is 17.5 Å². The number of aliphatic hydroxyl groups is 1. The number of hydrogen-bond donors (Lipinski definition) is 3. The second kappa shape index (κ2) is 8.58. The van der Waals surface area contributed by atoms with Gasteiger partial charge in [-0.25, -0.2) is 0 Å². The molecule has 2 aliphatic carbocycles. The van der Waals surface area contributed by atoms with E-state index in [2.05, 4.69) is 32.7 Å². The zero-order chi connectivity index (χ0) is 22.1. The quantitative estimate of drug-likeness (QED) is 0.324. The highest BCUT2D eigenvalue weighted by molar-refractivity contribution is 5.99. The largest absolute Gasteiger partial charge is 0.508 e. The average molecular weight is 412 g/mol. The minimum atomic E-state index is -0.229. The van der Waals surface area contributed by atoms with E-state index < -0.39 is 0 Å². The molecule has 0 aromatic heterocycles. The van der Waals surface area contributed by atoms with Crippen LogP contribution in [0, 0.1) is 22.7 Å². The summed E-state index contributed by atoms with van der Waals surface area (Å²) in [6.45, 7) is 13.3. The van der Waals surface area contributed by atoms with Crippen molar-refractivity contribution >= 4 is 11.6 Å². The maximum atomic E-state index is 12.3. The fourth-order valence-electron chi connectivity index (χ4n) is 6.09. The normalized spacial score (nSPS) is 31.2. The number of hydrogen-bond acceptors (Lipinski definition) is 3. The van der Waals surface area contributed by atoms with Crippen LogP contribution in [0.1, 0.15) is 66.2 Å². The number of carbonyl (C=O) groups is 1. The van der Waals surface area contributed by atoms with Crippen molar-refractivity contribution in [2.24, 2.45) is 22.7 Å². The Morgan fingerprint density at radius 1 is 1.23 bits per heavy atom. The number of carbonyl (C=O) groups excluding carboxylic acids is 1. The Hall–Kier alpha value is -2.07. The highest BCUT2D eigenvalue weighted by atomic mass is 16.3. The Balaban J connectivity index is 1.65. The third-order valence-electron chi connectivity index (χ3n) is 7.89. The van der Waals surface area contributed by atoms with Crippen LogP contribution >= 0.6 is 0 Å². The minimum absolute atomic E-state index is 0.0686. The van der Waals surface area contributed by atoms with Gasteiger partial charge in [-0.1, -0.05) is 38.5 Å². The average Bonchev–Trinajstić information content (AvgIpc) is 2.66. The second-order valence-electron chi connectivity index (χ2n) is 10.2. The number of anilines is 1. The van der Waals surface area contributed by atoms with Crippen molar-refractivity contribution in [1.29, 1.82) is 0 Å². The number of aromatic hydroxyl groups is 1. The van der Waals surface area contributed by atoms with E-state index in [-0.39, 0.29) is 28.6 Å². The lowest BCUT2D eigenvalue weighted by atomic mass is 9.46. The molecule has 4 heteroatoms. The first-order valence-electron chi connectivity index (χ1n) is 11.2. The van der Waals surface area contributed by atoms with Crippen molar-refractivity contribution in [1.82, 2.24) is 0 Å². The van der Waals surface area contributed by atoms with Crippen molar-refractivity contribution in [3.63, 3.8) is 0 Å². The Bertz CT molecular complexity index is 823. The standard InChI is InChI=1S/C26H37NO3/c1-17(16-24(30)27-19-8-10-20(28)11-9-19)6-12-21-18(2)7-13-22-25(3,4)23(29)14-15-26(21,22)5/h8-11,16,21-23,28-29H,2,6-7,12-15H2,1,3-5H3,(H,27,30)/t21-,22-,23-,26+/m1/s1. The van der Waals surface area contributed by atoms with Crippen LogP contribution in [0.15, 0.2) is 48.1 Å². The summed E-state index contributed by atoms with van der Waals surface area (Å²) in [6, 6.07) is 6.48. The van der Waals surface area contributed by atoms with E-state index in [1.165, 1.54) is 5.57 Å². The molecular weight excluding hydrogens is 374 g/mol. The maximum Gasteiger partial charge on any atom is 0.248 e. The van der Waals surface area contributed by atoms with Gasteiger partial charge < -0.3 is 15.5 Å². The van der Waals surface area contributed by atoms with E-state index in [4.69, 9.17) is 0 Å². The molecular formula is C26H37NO3. The lowest BCUT2D eigenvalue weighted by molar-refractivity contribution is -0.124. The predicted octanol–water partition coefficient (Wildman–Crippen LogP) is 5.83. The van der Waals surface area contributed by atoms with Gasteiger partial charge in [-0.15, -0.1) is 0 Å².